The third-order valence-corrected chi connectivity index (χ3v) is 4.10. The third-order valence-electron chi connectivity index (χ3n) is 4.10. The molecule has 2 aromatic carbocycles. The highest BCUT2D eigenvalue weighted by molar-refractivity contribution is 6.06. The highest BCUT2D eigenvalue weighted by atomic mass is 16.6. The number of nitro groups is 1. The van der Waals surface area contributed by atoms with Crippen molar-refractivity contribution in [2.24, 2.45) is 0 Å². The molecular weight excluding hydrogens is 292 g/mol. The van der Waals surface area contributed by atoms with Crippen LogP contribution in [0.3, 0.4) is 0 Å². The van der Waals surface area contributed by atoms with E-state index in [1.54, 1.807) is 13.0 Å². The fraction of sp³-hybridized carbons (Fsp3) is 0.278. The van der Waals surface area contributed by atoms with Gasteiger partial charge in [-0.05, 0) is 37.0 Å². The van der Waals surface area contributed by atoms with Crippen LogP contribution in [0, 0.1) is 17.0 Å². The fourth-order valence-electron chi connectivity index (χ4n) is 2.52. The summed E-state index contributed by atoms with van der Waals surface area (Å²) in [6, 6.07) is 12.2. The summed E-state index contributed by atoms with van der Waals surface area (Å²) in [4.78, 5) is 23.1. The van der Waals surface area contributed by atoms with Crippen molar-refractivity contribution in [2.75, 3.05) is 5.32 Å². The lowest BCUT2D eigenvalue weighted by atomic mass is 9.96. The fourth-order valence-corrected chi connectivity index (χ4v) is 2.52. The minimum absolute atomic E-state index is 0.0483. The molecule has 0 fully saturated rings. The van der Waals surface area contributed by atoms with Crippen molar-refractivity contribution in [1.29, 1.82) is 0 Å². The number of benzene rings is 2. The zero-order chi connectivity index (χ0) is 17.0. The highest BCUT2D eigenvalue weighted by Gasteiger charge is 2.19. The molecule has 0 spiro atoms. The van der Waals surface area contributed by atoms with Gasteiger partial charge in [-0.25, -0.2) is 0 Å². The number of carbonyl (C=O) groups excluding carboxylic acids is 1. The second-order valence-electron chi connectivity index (χ2n) is 5.56. The van der Waals surface area contributed by atoms with E-state index in [-0.39, 0.29) is 11.6 Å². The molecule has 0 bridgehead atoms. The van der Waals surface area contributed by atoms with Crippen LogP contribution in [-0.2, 0) is 0 Å². The molecule has 0 aliphatic carbocycles. The molecule has 0 saturated heterocycles. The number of nitrogens with zero attached hydrogens (tertiary/aromatic N) is 1. The van der Waals surface area contributed by atoms with Crippen molar-refractivity contribution >= 4 is 17.3 Å². The Bertz CT molecular complexity index is 741. The van der Waals surface area contributed by atoms with E-state index in [4.69, 9.17) is 0 Å². The Morgan fingerprint density at radius 3 is 2.57 bits per heavy atom. The third kappa shape index (κ3) is 3.56. The van der Waals surface area contributed by atoms with Gasteiger partial charge in [-0.1, -0.05) is 38.1 Å². The Kier molecular flexibility index (Phi) is 5.11. The molecule has 5 heteroatoms. The number of anilines is 1. The van der Waals surface area contributed by atoms with E-state index < -0.39 is 4.92 Å². The largest absolute Gasteiger partial charge is 0.322 e. The van der Waals surface area contributed by atoms with Crippen LogP contribution in [0.25, 0.3) is 0 Å². The Morgan fingerprint density at radius 2 is 1.91 bits per heavy atom. The molecule has 120 valence electrons. The van der Waals surface area contributed by atoms with E-state index in [0.29, 0.717) is 17.0 Å². The Balaban J connectivity index is 2.34. The van der Waals surface area contributed by atoms with E-state index in [2.05, 4.69) is 19.2 Å². The van der Waals surface area contributed by atoms with Gasteiger partial charge in [0.1, 0.15) is 0 Å². The molecular formula is C18H20N2O3. The number of nitro benzene ring substituents is 1. The number of carbonyl (C=O) groups is 1. The van der Waals surface area contributed by atoms with Gasteiger partial charge in [0.05, 0.1) is 4.92 Å². The van der Waals surface area contributed by atoms with Crippen LogP contribution in [0.15, 0.2) is 42.5 Å². The smallest absolute Gasteiger partial charge is 0.273 e. The van der Waals surface area contributed by atoms with Gasteiger partial charge in [0, 0.05) is 22.9 Å². The molecule has 2 rings (SSSR count). The second-order valence-corrected chi connectivity index (χ2v) is 5.56. The average molecular weight is 312 g/mol. The van der Waals surface area contributed by atoms with Gasteiger partial charge in [0.2, 0.25) is 0 Å². The van der Waals surface area contributed by atoms with Gasteiger partial charge in [-0.15, -0.1) is 0 Å². The molecule has 1 N–H and O–H groups in total. The molecule has 1 unspecified atom stereocenters. The molecule has 5 nitrogen and oxygen atoms in total. The van der Waals surface area contributed by atoms with Gasteiger partial charge in [0.25, 0.3) is 11.6 Å². The van der Waals surface area contributed by atoms with Gasteiger partial charge in [-0.3, -0.25) is 14.9 Å². The Morgan fingerprint density at radius 1 is 1.22 bits per heavy atom. The molecule has 0 saturated carbocycles. The summed E-state index contributed by atoms with van der Waals surface area (Å²) in [6.45, 7) is 5.78. The summed E-state index contributed by atoms with van der Waals surface area (Å²) in [6.07, 6.45) is 0.961. The average Bonchev–Trinajstić information content (AvgIpc) is 2.54. The predicted molar refractivity (Wildman–Crippen MR) is 90.9 cm³/mol. The monoisotopic (exact) mass is 312 g/mol. The predicted octanol–water partition coefficient (Wildman–Crippen LogP) is 4.67. The lowest BCUT2D eigenvalue weighted by molar-refractivity contribution is -0.385. The number of hydrogen-bond acceptors (Lipinski definition) is 3. The quantitative estimate of drug-likeness (QED) is 0.644. The standard InChI is InChI=1S/C18H20N2O3/c1-4-12(2)14-8-5-6-10-16(14)19-18(21)15-9-7-11-17(13(15)3)20(22)23/h5-12H,4H2,1-3H3,(H,19,21). The normalized spacial score (nSPS) is 11.8. The lowest BCUT2D eigenvalue weighted by Gasteiger charge is -2.16. The first kappa shape index (κ1) is 16.7. The van der Waals surface area contributed by atoms with Crippen molar-refractivity contribution in [3.63, 3.8) is 0 Å². The molecule has 0 aromatic heterocycles. The van der Waals surface area contributed by atoms with Gasteiger partial charge in [0.15, 0.2) is 0 Å². The van der Waals surface area contributed by atoms with Crippen LogP contribution < -0.4 is 5.32 Å². The summed E-state index contributed by atoms with van der Waals surface area (Å²) >= 11 is 0. The maximum atomic E-state index is 12.5. The van der Waals surface area contributed by atoms with Crippen LogP contribution in [0.5, 0.6) is 0 Å². The minimum atomic E-state index is -0.473. The van der Waals surface area contributed by atoms with Gasteiger partial charge in [-0.2, -0.15) is 0 Å². The number of para-hydroxylation sites is 1. The molecule has 1 atom stereocenters. The maximum absolute atomic E-state index is 12.5. The minimum Gasteiger partial charge on any atom is -0.322 e. The van der Waals surface area contributed by atoms with Gasteiger partial charge < -0.3 is 5.32 Å². The van der Waals surface area contributed by atoms with E-state index >= 15 is 0 Å². The molecule has 2 aromatic rings. The van der Waals surface area contributed by atoms with Crippen LogP contribution in [0.4, 0.5) is 11.4 Å². The van der Waals surface area contributed by atoms with Crippen molar-refractivity contribution in [2.45, 2.75) is 33.1 Å². The maximum Gasteiger partial charge on any atom is 0.273 e. The molecule has 23 heavy (non-hydrogen) atoms. The second kappa shape index (κ2) is 7.05. The summed E-state index contributed by atoms with van der Waals surface area (Å²) in [5, 5.41) is 13.9. The Labute approximate surface area is 135 Å². The van der Waals surface area contributed by atoms with Gasteiger partial charge >= 0.3 is 0 Å². The van der Waals surface area contributed by atoms with E-state index in [9.17, 15) is 14.9 Å². The summed E-state index contributed by atoms with van der Waals surface area (Å²) < 4.78 is 0. The summed E-state index contributed by atoms with van der Waals surface area (Å²) in [5.74, 6) is -0.0142. The van der Waals surface area contributed by atoms with Crippen LogP contribution >= 0.6 is 0 Å². The molecule has 0 aliphatic rings. The van der Waals surface area contributed by atoms with E-state index in [1.807, 2.05) is 24.3 Å². The molecule has 0 radical (unpaired) electrons. The first-order valence-electron chi connectivity index (χ1n) is 7.60. The summed E-state index contributed by atoms with van der Waals surface area (Å²) in [7, 11) is 0. The van der Waals surface area contributed by atoms with Crippen LogP contribution in [0.2, 0.25) is 0 Å². The number of amides is 1. The van der Waals surface area contributed by atoms with E-state index in [0.717, 1.165) is 17.7 Å². The van der Waals surface area contributed by atoms with Crippen LogP contribution in [0.1, 0.15) is 47.7 Å². The van der Waals surface area contributed by atoms with Crippen LogP contribution in [-0.4, -0.2) is 10.8 Å². The highest BCUT2D eigenvalue weighted by Crippen LogP contribution is 2.28. The first-order valence-corrected chi connectivity index (χ1v) is 7.60. The number of hydrogen-bond donors (Lipinski definition) is 1. The number of nitrogens with one attached hydrogen (secondary N) is 1. The summed E-state index contributed by atoms with van der Waals surface area (Å²) in [5.41, 5.74) is 2.45. The molecule has 0 aliphatic heterocycles. The van der Waals surface area contributed by atoms with Crippen molar-refractivity contribution in [3.8, 4) is 0 Å². The van der Waals surface area contributed by atoms with Crippen molar-refractivity contribution in [3.05, 3.63) is 69.3 Å². The Hall–Kier alpha value is -2.69. The van der Waals surface area contributed by atoms with E-state index in [1.165, 1.54) is 12.1 Å². The van der Waals surface area contributed by atoms with Crippen molar-refractivity contribution < 1.29 is 9.72 Å². The zero-order valence-corrected chi connectivity index (χ0v) is 13.5. The number of rotatable bonds is 5. The SMILES string of the molecule is CCC(C)c1ccccc1NC(=O)c1cccc([N+](=O)[O-])c1C. The topological polar surface area (TPSA) is 72.2 Å². The molecule has 0 heterocycles. The first-order chi connectivity index (χ1) is 11.0. The molecule has 1 amide bonds. The lowest BCUT2D eigenvalue weighted by Crippen LogP contribution is -2.15. The van der Waals surface area contributed by atoms with Crippen molar-refractivity contribution in [1.82, 2.24) is 0 Å². The zero-order valence-electron chi connectivity index (χ0n) is 13.5.